The highest BCUT2D eigenvalue weighted by Crippen LogP contribution is 2.34. The normalized spacial score (nSPS) is 11.6. The maximum absolute atomic E-state index is 10.7. The van der Waals surface area contributed by atoms with Crippen LogP contribution in [0, 0.1) is 21.4 Å². The summed E-state index contributed by atoms with van der Waals surface area (Å²) in [6, 6.07) is 5.44. The Bertz CT molecular complexity index is 459. The van der Waals surface area contributed by atoms with Crippen molar-refractivity contribution < 1.29 is 9.66 Å². The third kappa shape index (κ3) is 3.59. The van der Waals surface area contributed by atoms with Gasteiger partial charge in [0.25, 0.3) is 0 Å². The monoisotopic (exact) mass is 255 g/mol. The van der Waals surface area contributed by atoms with E-state index in [9.17, 15) is 10.1 Å². The molecule has 0 saturated carbocycles. The Hall–Kier alpha value is -1.84. The minimum absolute atomic E-state index is 0.00399. The van der Waals surface area contributed by atoms with Gasteiger partial charge in [-0.05, 0) is 6.07 Å². The molecule has 7 heteroatoms. The minimum Gasteiger partial charge on any atom is -0.486 e. The molecule has 1 unspecified atom stereocenters. The Labute approximate surface area is 103 Å². The SMILES string of the molecule is N#CC(N)CCOc1c(Cl)cccc1[N+](=O)[O-]. The van der Waals surface area contributed by atoms with Crippen LogP contribution in [0.3, 0.4) is 0 Å². The molecule has 1 aromatic carbocycles. The standard InChI is InChI=1S/C10H10ClN3O3/c11-8-2-1-3-9(14(15)16)10(8)17-5-4-7(13)6-12/h1-3,7H,4-5,13H2. The van der Waals surface area contributed by atoms with Gasteiger partial charge in [-0.2, -0.15) is 5.26 Å². The molecule has 1 aromatic rings. The number of nitro groups is 1. The summed E-state index contributed by atoms with van der Waals surface area (Å²) < 4.78 is 5.20. The van der Waals surface area contributed by atoms with Gasteiger partial charge in [0.1, 0.15) is 0 Å². The van der Waals surface area contributed by atoms with Gasteiger partial charge in [0.05, 0.1) is 28.7 Å². The first-order chi connectivity index (χ1) is 8.06. The molecule has 0 aliphatic rings. The summed E-state index contributed by atoms with van der Waals surface area (Å²) in [4.78, 5) is 10.1. The topological polar surface area (TPSA) is 102 Å². The molecule has 1 atom stereocenters. The average molecular weight is 256 g/mol. The number of nitro benzene ring substituents is 1. The second-order valence-electron chi connectivity index (χ2n) is 3.22. The van der Waals surface area contributed by atoms with E-state index in [1.165, 1.54) is 18.2 Å². The number of benzene rings is 1. The van der Waals surface area contributed by atoms with E-state index in [-0.39, 0.29) is 29.5 Å². The molecular formula is C10H10ClN3O3. The summed E-state index contributed by atoms with van der Waals surface area (Å²) in [5.41, 5.74) is 5.16. The maximum atomic E-state index is 10.7. The molecule has 0 aliphatic carbocycles. The highest BCUT2D eigenvalue weighted by Gasteiger charge is 2.18. The highest BCUT2D eigenvalue weighted by molar-refractivity contribution is 6.32. The summed E-state index contributed by atoms with van der Waals surface area (Å²) >= 11 is 5.80. The first-order valence-electron chi connectivity index (χ1n) is 4.77. The van der Waals surface area contributed by atoms with Gasteiger partial charge >= 0.3 is 5.69 Å². The highest BCUT2D eigenvalue weighted by atomic mass is 35.5. The van der Waals surface area contributed by atoms with Crippen LogP contribution in [0.4, 0.5) is 5.69 Å². The largest absolute Gasteiger partial charge is 0.486 e. The van der Waals surface area contributed by atoms with Crippen LogP contribution in [0.15, 0.2) is 18.2 Å². The van der Waals surface area contributed by atoms with Crippen molar-refractivity contribution in [3.05, 3.63) is 33.3 Å². The van der Waals surface area contributed by atoms with Gasteiger partial charge in [0.2, 0.25) is 5.75 Å². The molecule has 0 amide bonds. The maximum Gasteiger partial charge on any atom is 0.312 e. The van der Waals surface area contributed by atoms with Gasteiger partial charge in [-0.15, -0.1) is 0 Å². The van der Waals surface area contributed by atoms with E-state index in [4.69, 9.17) is 27.3 Å². The predicted molar refractivity (Wildman–Crippen MR) is 61.8 cm³/mol. The number of hydrogen-bond donors (Lipinski definition) is 1. The molecule has 17 heavy (non-hydrogen) atoms. The fourth-order valence-electron chi connectivity index (χ4n) is 1.14. The zero-order chi connectivity index (χ0) is 12.8. The van der Waals surface area contributed by atoms with Crippen molar-refractivity contribution in [3.8, 4) is 11.8 Å². The number of ether oxygens (including phenoxy) is 1. The van der Waals surface area contributed by atoms with Crippen molar-refractivity contribution in [2.75, 3.05) is 6.61 Å². The first-order valence-corrected chi connectivity index (χ1v) is 5.15. The molecule has 0 bridgehead atoms. The van der Waals surface area contributed by atoms with Crippen LogP contribution < -0.4 is 10.5 Å². The third-order valence-electron chi connectivity index (χ3n) is 1.98. The number of nitrogens with two attached hydrogens (primary N) is 1. The molecule has 0 heterocycles. The molecule has 1 rings (SSSR count). The Morgan fingerprint density at radius 3 is 2.94 bits per heavy atom. The number of rotatable bonds is 5. The van der Waals surface area contributed by atoms with Crippen LogP contribution in [0.2, 0.25) is 5.02 Å². The van der Waals surface area contributed by atoms with Gasteiger partial charge in [-0.25, -0.2) is 0 Å². The van der Waals surface area contributed by atoms with Crippen molar-refractivity contribution in [3.63, 3.8) is 0 Å². The van der Waals surface area contributed by atoms with Crippen LogP contribution in [0.5, 0.6) is 5.75 Å². The van der Waals surface area contributed by atoms with Crippen molar-refractivity contribution in [1.29, 1.82) is 5.26 Å². The molecule has 90 valence electrons. The first kappa shape index (κ1) is 13.2. The van der Waals surface area contributed by atoms with Crippen molar-refractivity contribution in [1.82, 2.24) is 0 Å². The minimum atomic E-state index is -0.656. The second kappa shape index (κ2) is 6.03. The van der Waals surface area contributed by atoms with Gasteiger partial charge in [-0.1, -0.05) is 17.7 Å². The van der Waals surface area contributed by atoms with Gasteiger partial charge in [0, 0.05) is 12.5 Å². The Balaban J connectivity index is 2.76. The Morgan fingerprint density at radius 2 is 2.35 bits per heavy atom. The van der Waals surface area contributed by atoms with E-state index < -0.39 is 11.0 Å². The molecule has 0 saturated heterocycles. The summed E-state index contributed by atoms with van der Waals surface area (Å²) in [7, 11) is 0. The van der Waals surface area contributed by atoms with E-state index >= 15 is 0 Å². The zero-order valence-electron chi connectivity index (χ0n) is 8.80. The second-order valence-corrected chi connectivity index (χ2v) is 3.63. The number of halogens is 1. The lowest BCUT2D eigenvalue weighted by molar-refractivity contribution is -0.385. The van der Waals surface area contributed by atoms with Crippen LogP contribution in [0.25, 0.3) is 0 Å². The van der Waals surface area contributed by atoms with Gasteiger partial charge < -0.3 is 10.5 Å². The quantitative estimate of drug-likeness (QED) is 0.639. The van der Waals surface area contributed by atoms with Crippen molar-refractivity contribution in [2.45, 2.75) is 12.5 Å². The molecule has 0 aliphatic heterocycles. The molecule has 0 aromatic heterocycles. The lowest BCUT2D eigenvalue weighted by Crippen LogP contribution is -2.20. The fraction of sp³-hybridized carbons (Fsp3) is 0.300. The van der Waals surface area contributed by atoms with Crippen LogP contribution in [-0.4, -0.2) is 17.6 Å². The van der Waals surface area contributed by atoms with E-state index in [2.05, 4.69) is 0 Å². The van der Waals surface area contributed by atoms with E-state index in [1.54, 1.807) is 0 Å². The summed E-state index contributed by atoms with van der Waals surface area (Å²) in [5, 5.41) is 19.3. The lowest BCUT2D eigenvalue weighted by Gasteiger charge is -2.08. The number of hydrogen-bond acceptors (Lipinski definition) is 5. The molecule has 0 spiro atoms. The molecule has 2 N–H and O–H groups in total. The van der Waals surface area contributed by atoms with Gasteiger partial charge in [0.15, 0.2) is 0 Å². The Kier molecular flexibility index (Phi) is 4.69. The number of para-hydroxylation sites is 1. The predicted octanol–water partition coefficient (Wildman–Crippen LogP) is 1.87. The molecule has 0 radical (unpaired) electrons. The number of nitriles is 1. The lowest BCUT2D eigenvalue weighted by atomic mass is 10.2. The molecule has 6 nitrogen and oxygen atoms in total. The van der Waals surface area contributed by atoms with Crippen LogP contribution in [0.1, 0.15) is 6.42 Å². The summed E-state index contributed by atoms with van der Waals surface area (Å²) in [6.07, 6.45) is 0.277. The molecular weight excluding hydrogens is 246 g/mol. The van der Waals surface area contributed by atoms with Crippen molar-refractivity contribution in [2.24, 2.45) is 5.73 Å². The van der Waals surface area contributed by atoms with Gasteiger partial charge in [-0.3, -0.25) is 10.1 Å². The van der Waals surface area contributed by atoms with E-state index in [0.717, 1.165) is 0 Å². The fourth-order valence-corrected chi connectivity index (χ4v) is 1.36. The van der Waals surface area contributed by atoms with Crippen molar-refractivity contribution >= 4 is 17.3 Å². The Morgan fingerprint density at radius 1 is 1.65 bits per heavy atom. The third-order valence-corrected chi connectivity index (χ3v) is 2.28. The van der Waals surface area contributed by atoms with E-state index in [1.807, 2.05) is 6.07 Å². The summed E-state index contributed by atoms with van der Waals surface area (Å²) in [5.74, 6) is 0.00399. The van der Waals surface area contributed by atoms with Crippen LogP contribution >= 0.6 is 11.6 Å². The smallest absolute Gasteiger partial charge is 0.312 e. The average Bonchev–Trinajstić information content (AvgIpc) is 2.30. The zero-order valence-corrected chi connectivity index (χ0v) is 9.55. The summed E-state index contributed by atoms with van der Waals surface area (Å²) in [6.45, 7) is 0.0965. The van der Waals surface area contributed by atoms with Crippen LogP contribution in [-0.2, 0) is 0 Å². The number of nitrogens with zero attached hydrogens (tertiary/aromatic N) is 2. The van der Waals surface area contributed by atoms with E-state index in [0.29, 0.717) is 0 Å². The molecule has 0 fully saturated rings.